The van der Waals surface area contributed by atoms with Crippen LogP contribution in [-0.4, -0.2) is 35.6 Å². The van der Waals surface area contributed by atoms with Crippen molar-refractivity contribution < 1.29 is 4.39 Å². The molecule has 0 radical (unpaired) electrons. The standard InChI is InChI=1S/C20H24FN5.HI/c1-15-25-18-8-3-4-9-19(18)26(15)13-12-24-20(22-2)23-11-10-16-6-5-7-17(21)14-16;/h3-9,14H,10-13H2,1-2H3,(H2,22,23,24);1H. The van der Waals surface area contributed by atoms with Crippen LogP contribution in [0.2, 0.25) is 0 Å². The van der Waals surface area contributed by atoms with E-state index in [4.69, 9.17) is 0 Å². The molecule has 0 unspecified atom stereocenters. The van der Waals surface area contributed by atoms with Crippen LogP contribution < -0.4 is 10.6 Å². The highest BCUT2D eigenvalue weighted by Crippen LogP contribution is 2.14. The average molecular weight is 481 g/mol. The molecule has 7 heteroatoms. The molecular weight excluding hydrogens is 456 g/mol. The van der Waals surface area contributed by atoms with E-state index in [9.17, 15) is 4.39 Å². The summed E-state index contributed by atoms with van der Waals surface area (Å²) in [5.74, 6) is 1.54. The zero-order valence-corrected chi connectivity index (χ0v) is 17.9. The van der Waals surface area contributed by atoms with Gasteiger partial charge in [0.2, 0.25) is 0 Å². The first kappa shape index (κ1) is 21.1. The van der Waals surface area contributed by atoms with Crippen molar-refractivity contribution in [1.82, 2.24) is 20.2 Å². The van der Waals surface area contributed by atoms with Crippen LogP contribution >= 0.6 is 24.0 Å². The summed E-state index contributed by atoms with van der Waals surface area (Å²) in [4.78, 5) is 8.82. The molecule has 3 aromatic rings. The molecule has 0 saturated heterocycles. The lowest BCUT2D eigenvalue weighted by Gasteiger charge is -2.13. The number of benzene rings is 2. The van der Waals surface area contributed by atoms with Crippen LogP contribution in [-0.2, 0) is 13.0 Å². The van der Waals surface area contributed by atoms with Gasteiger partial charge in [-0.05, 0) is 43.2 Å². The lowest BCUT2D eigenvalue weighted by Crippen LogP contribution is -2.39. The van der Waals surface area contributed by atoms with Crippen LogP contribution in [0.4, 0.5) is 4.39 Å². The van der Waals surface area contributed by atoms with Gasteiger partial charge in [-0.15, -0.1) is 24.0 Å². The molecule has 0 aliphatic rings. The van der Waals surface area contributed by atoms with Gasteiger partial charge in [0.05, 0.1) is 11.0 Å². The number of aliphatic imine (C=N–C) groups is 1. The molecule has 0 amide bonds. The zero-order chi connectivity index (χ0) is 18.4. The number of nitrogens with zero attached hydrogens (tertiary/aromatic N) is 3. The Balaban J connectivity index is 0.00000261. The molecule has 0 atom stereocenters. The van der Waals surface area contributed by atoms with Gasteiger partial charge in [-0.2, -0.15) is 0 Å². The van der Waals surface area contributed by atoms with Gasteiger partial charge >= 0.3 is 0 Å². The van der Waals surface area contributed by atoms with E-state index in [0.29, 0.717) is 6.54 Å². The number of guanidine groups is 1. The van der Waals surface area contributed by atoms with E-state index < -0.39 is 0 Å². The Morgan fingerprint density at radius 3 is 2.67 bits per heavy atom. The van der Waals surface area contributed by atoms with Gasteiger partial charge in [0, 0.05) is 26.7 Å². The van der Waals surface area contributed by atoms with E-state index in [1.54, 1.807) is 19.2 Å². The molecule has 0 fully saturated rings. The van der Waals surface area contributed by atoms with E-state index in [-0.39, 0.29) is 29.8 Å². The highest BCUT2D eigenvalue weighted by atomic mass is 127. The predicted molar refractivity (Wildman–Crippen MR) is 119 cm³/mol. The lowest BCUT2D eigenvalue weighted by molar-refractivity contribution is 0.624. The van der Waals surface area contributed by atoms with E-state index in [2.05, 4.69) is 31.2 Å². The molecule has 144 valence electrons. The first-order valence-corrected chi connectivity index (χ1v) is 8.78. The highest BCUT2D eigenvalue weighted by molar-refractivity contribution is 14.0. The third kappa shape index (κ3) is 5.66. The smallest absolute Gasteiger partial charge is 0.191 e. The maximum Gasteiger partial charge on any atom is 0.191 e. The van der Waals surface area contributed by atoms with Crippen molar-refractivity contribution in [1.29, 1.82) is 0 Å². The third-order valence-corrected chi connectivity index (χ3v) is 4.29. The third-order valence-electron chi connectivity index (χ3n) is 4.29. The van der Waals surface area contributed by atoms with Gasteiger partial charge in [-0.3, -0.25) is 4.99 Å². The van der Waals surface area contributed by atoms with Crippen molar-refractivity contribution in [3.63, 3.8) is 0 Å². The summed E-state index contributed by atoms with van der Waals surface area (Å²) in [6.45, 7) is 4.25. The maximum absolute atomic E-state index is 13.2. The molecule has 27 heavy (non-hydrogen) atoms. The van der Waals surface area contributed by atoms with Crippen LogP contribution in [0.1, 0.15) is 11.4 Å². The minimum absolute atomic E-state index is 0. The van der Waals surface area contributed by atoms with Crippen molar-refractivity contribution in [2.45, 2.75) is 19.9 Å². The molecule has 2 N–H and O–H groups in total. The topological polar surface area (TPSA) is 54.2 Å². The second kappa shape index (κ2) is 10.2. The zero-order valence-electron chi connectivity index (χ0n) is 15.6. The number of fused-ring (bicyclic) bond motifs is 1. The normalized spacial score (nSPS) is 11.3. The number of para-hydroxylation sites is 2. The van der Waals surface area contributed by atoms with Gasteiger partial charge < -0.3 is 15.2 Å². The number of hydrogen-bond acceptors (Lipinski definition) is 2. The van der Waals surface area contributed by atoms with Crippen LogP contribution in [0, 0.1) is 12.7 Å². The Labute approximate surface area is 176 Å². The average Bonchev–Trinajstić information content (AvgIpc) is 2.96. The summed E-state index contributed by atoms with van der Waals surface area (Å²) in [6.07, 6.45) is 0.740. The van der Waals surface area contributed by atoms with Gasteiger partial charge in [-0.1, -0.05) is 24.3 Å². The molecular formula is C20H25FIN5. The first-order chi connectivity index (χ1) is 12.7. The maximum atomic E-state index is 13.2. The molecule has 0 aliphatic carbocycles. The minimum atomic E-state index is -0.201. The van der Waals surface area contributed by atoms with Gasteiger partial charge in [-0.25, -0.2) is 9.37 Å². The number of aromatic nitrogens is 2. The predicted octanol–water partition coefficient (Wildman–Crippen LogP) is 3.51. The molecule has 2 aromatic carbocycles. The number of rotatable bonds is 6. The van der Waals surface area contributed by atoms with Gasteiger partial charge in [0.1, 0.15) is 11.6 Å². The Hall–Kier alpha value is -2.16. The monoisotopic (exact) mass is 481 g/mol. The second-order valence-corrected chi connectivity index (χ2v) is 6.11. The Kier molecular flexibility index (Phi) is 8.02. The van der Waals surface area contributed by atoms with Crippen molar-refractivity contribution in [2.24, 2.45) is 4.99 Å². The molecule has 5 nitrogen and oxygen atoms in total. The number of halogens is 2. The fraction of sp³-hybridized carbons (Fsp3) is 0.300. The second-order valence-electron chi connectivity index (χ2n) is 6.11. The van der Waals surface area contributed by atoms with Crippen molar-refractivity contribution >= 4 is 41.0 Å². The van der Waals surface area contributed by atoms with Crippen LogP contribution in [0.25, 0.3) is 11.0 Å². The molecule has 1 heterocycles. The summed E-state index contributed by atoms with van der Waals surface area (Å²) >= 11 is 0. The Bertz CT molecular complexity index is 906. The minimum Gasteiger partial charge on any atom is -0.356 e. The lowest BCUT2D eigenvalue weighted by atomic mass is 10.1. The van der Waals surface area contributed by atoms with Crippen LogP contribution in [0.15, 0.2) is 53.5 Å². The fourth-order valence-corrected chi connectivity index (χ4v) is 3.00. The van der Waals surface area contributed by atoms with E-state index >= 15 is 0 Å². The molecule has 0 spiro atoms. The van der Waals surface area contributed by atoms with Crippen molar-refractivity contribution in [2.75, 3.05) is 20.1 Å². The highest BCUT2D eigenvalue weighted by Gasteiger charge is 2.06. The Morgan fingerprint density at radius 2 is 1.89 bits per heavy atom. The van der Waals surface area contributed by atoms with Crippen LogP contribution in [0.5, 0.6) is 0 Å². The molecule has 3 rings (SSSR count). The van der Waals surface area contributed by atoms with E-state index in [1.165, 1.54) is 6.07 Å². The van der Waals surface area contributed by atoms with Gasteiger partial charge in [0.15, 0.2) is 5.96 Å². The molecule has 0 bridgehead atoms. The van der Waals surface area contributed by atoms with E-state index in [0.717, 1.165) is 47.9 Å². The Morgan fingerprint density at radius 1 is 1.11 bits per heavy atom. The molecule has 1 aromatic heterocycles. The first-order valence-electron chi connectivity index (χ1n) is 8.78. The number of hydrogen-bond donors (Lipinski definition) is 2. The summed E-state index contributed by atoms with van der Waals surface area (Å²) in [6, 6.07) is 14.8. The van der Waals surface area contributed by atoms with Gasteiger partial charge in [0.25, 0.3) is 0 Å². The summed E-state index contributed by atoms with van der Waals surface area (Å²) in [5.41, 5.74) is 3.12. The van der Waals surface area contributed by atoms with Crippen molar-refractivity contribution in [3.05, 3.63) is 65.7 Å². The SMILES string of the molecule is CN=C(NCCc1cccc(F)c1)NCCn1c(C)nc2ccccc21.I. The summed E-state index contributed by atoms with van der Waals surface area (Å²) < 4.78 is 15.4. The van der Waals surface area contributed by atoms with Crippen molar-refractivity contribution in [3.8, 4) is 0 Å². The molecule has 0 aliphatic heterocycles. The summed E-state index contributed by atoms with van der Waals surface area (Å²) in [7, 11) is 1.75. The summed E-state index contributed by atoms with van der Waals surface area (Å²) in [5, 5.41) is 6.57. The quantitative estimate of drug-likeness (QED) is 0.322. The molecule has 0 saturated carbocycles. The van der Waals surface area contributed by atoms with Crippen LogP contribution in [0.3, 0.4) is 0 Å². The fourth-order valence-electron chi connectivity index (χ4n) is 3.00. The largest absolute Gasteiger partial charge is 0.356 e. The number of nitrogens with one attached hydrogen (secondary N) is 2. The van der Waals surface area contributed by atoms with E-state index in [1.807, 2.05) is 31.2 Å². The number of imidazole rings is 1. The number of aryl methyl sites for hydroxylation is 1.